The summed E-state index contributed by atoms with van der Waals surface area (Å²) in [6.07, 6.45) is 6.78. The molecule has 1 aliphatic rings. The van der Waals surface area contributed by atoms with E-state index in [1.54, 1.807) is 37.6 Å². The van der Waals surface area contributed by atoms with Gasteiger partial charge >= 0.3 is 0 Å². The maximum absolute atomic E-state index is 12.2. The van der Waals surface area contributed by atoms with Crippen LogP contribution in [-0.2, 0) is 0 Å². The van der Waals surface area contributed by atoms with Crippen molar-refractivity contribution in [1.29, 1.82) is 0 Å². The van der Waals surface area contributed by atoms with E-state index in [2.05, 4.69) is 15.6 Å². The Bertz CT molecular complexity index is 664. The predicted octanol–water partition coefficient (Wildman–Crippen LogP) is 3.70. The number of ether oxygens (including phenoxy) is 1. The van der Waals surface area contributed by atoms with Crippen LogP contribution in [0.25, 0.3) is 0 Å². The number of hydrogen-bond donors (Lipinski definition) is 2. The number of hydrogen-bond acceptors (Lipinski definition) is 4. The summed E-state index contributed by atoms with van der Waals surface area (Å²) < 4.78 is 5.13. The van der Waals surface area contributed by atoms with Crippen molar-refractivity contribution in [3.63, 3.8) is 0 Å². The Labute approximate surface area is 136 Å². The summed E-state index contributed by atoms with van der Waals surface area (Å²) in [7, 11) is 1.58. The van der Waals surface area contributed by atoms with Crippen molar-refractivity contribution in [2.45, 2.75) is 31.7 Å². The van der Waals surface area contributed by atoms with Crippen molar-refractivity contribution in [3.05, 3.63) is 48.2 Å². The highest BCUT2D eigenvalue weighted by Crippen LogP contribution is 2.22. The third-order valence-electron chi connectivity index (χ3n) is 4.06. The first-order valence-corrected chi connectivity index (χ1v) is 7.92. The van der Waals surface area contributed by atoms with Gasteiger partial charge in [-0.1, -0.05) is 18.9 Å². The quantitative estimate of drug-likeness (QED) is 0.884. The van der Waals surface area contributed by atoms with Crippen molar-refractivity contribution in [1.82, 2.24) is 4.98 Å². The lowest BCUT2D eigenvalue weighted by atomic mass is 10.2. The number of pyridine rings is 1. The van der Waals surface area contributed by atoms with Crippen LogP contribution in [0, 0.1) is 0 Å². The van der Waals surface area contributed by atoms with Crippen LogP contribution in [0.4, 0.5) is 11.5 Å². The van der Waals surface area contributed by atoms with Crippen LogP contribution < -0.4 is 15.4 Å². The van der Waals surface area contributed by atoms with E-state index in [4.69, 9.17) is 4.74 Å². The minimum atomic E-state index is -0.201. The first kappa shape index (κ1) is 15.3. The number of aromatic nitrogens is 1. The van der Waals surface area contributed by atoms with Crippen molar-refractivity contribution in [3.8, 4) is 5.75 Å². The van der Waals surface area contributed by atoms with Crippen molar-refractivity contribution in [2.75, 3.05) is 17.7 Å². The number of amides is 1. The lowest BCUT2D eigenvalue weighted by molar-refractivity contribution is 0.102. The minimum absolute atomic E-state index is 0.201. The molecule has 1 fully saturated rings. The molecule has 3 rings (SSSR count). The van der Waals surface area contributed by atoms with Gasteiger partial charge in [-0.05, 0) is 43.2 Å². The van der Waals surface area contributed by atoms with E-state index in [1.807, 2.05) is 12.1 Å². The van der Waals surface area contributed by atoms with Gasteiger partial charge in [0.15, 0.2) is 0 Å². The number of carbonyl (C=O) groups is 1. The molecule has 1 amide bonds. The van der Waals surface area contributed by atoms with Crippen LogP contribution in [0.1, 0.15) is 36.0 Å². The van der Waals surface area contributed by atoms with Gasteiger partial charge in [0, 0.05) is 11.6 Å². The largest absolute Gasteiger partial charge is 0.497 e. The highest BCUT2D eigenvalue weighted by atomic mass is 16.5. The molecule has 120 valence electrons. The van der Waals surface area contributed by atoms with Crippen LogP contribution in [0.3, 0.4) is 0 Å². The normalized spacial score (nSPS) is 14.5. The van der Waals surface area contributed by atoms with Crippen molar-refractivity contribution < 1.29 is 9.53 Å². The molecule has 0 bridgehead atoms. The van der Waals surface area contributed by atoms with Crippen LogP contribution in [0.2, 0.25) is 0 Å². The number of methoxy groups -OCH3 is 1. The molecule has 2 N–H and O–H groups in total. The van der Waals surface area contributed by atoms with Crippen molar-refractivity contribution >= 4 is 17.4 Å². The average molecular weight is 311 g/mol. The van der Waals surface area contributed by atoms with Gasteiger partial charge in [0.25, 0.3) is 5.91 Å². The molecule has 0 unspecified atom stereocenters. The SMILES string of the molecule is COc1cccc(C(=O)Nc2ccc(NC3CCCC3)cn2)c1. The second kappa shape index (κ2) is 7.13. The molecule has 1 aliphatic carbocycles. The Balaban J connectivity index is 1.61. The van der Waals surface area contributed by atoms with Gasteiger partial charge in [-0.25, -0.2) is 4.98 Å². The maximum Gasteiger partial charge on any atom is 0.256 e. The highest BCUT2D eigenvalue weighted by Gasteiger charge is 2.14. The minimum Gasteiger partial charge on any atom is -0.497 e. The highest BCUT2D eigenvalue weighted by molar-refractivity contribution is 6.04. The summed E-state index contributed by atoms with van der Waals surface area (Å²) in [6, 6.07) is 11.4. The average Bonchev–Trinajstić information content (AvgIpc) is 3.09. The Kier molecular flexibility index (Phi) is 4.76. The van der Waals surface area contributed by atoms with Gasteiger partial charge in [-0.2, -0.15) is 0 Å². The Hall–Kier alpha value is -2.56. The van der Waals surface area contributed by atoms with E-state index in [-0.39, 0.29) is 5.91 Å². The zero-order valence-corrected chi connectivity index (χ0v) is 13.2. The number of nitrogens with zero attached hydrogens (tertiary/aromatic N) is 1. The lowest BCUT2D eigenvalue weighted by Gasteiger charge is -2.13. The molecule has 1 aromatic carbocycles. The van der Waals surface area contributed by atoms with E-state index >= 15 is 0 Å². The van der Waals surface area contributed by atoms with Gasteiger partial charge in [0.05, 0.1) is 19.0 Å². The molecular weight excluding hydrogens is 290 g/mol. The number of carbonyl (C=O) groups excluding carboxylic acids is 1. The summed E-state index contributed by atoms with van der Waals surface area (Å²) in [5.74, 6) is 0.990. The molecule has 5 nitrogen and oxygen atoms in total. The third-order valence-corrected chi connectivity index (χ3v) is 4.06. The summed E-state index contributed by atoms with van der Waals surface area (Å²) in [5.41, 5.74) is 1.54. The molecule has 0 atom stereocenters. The van der Waals surface area contributed by atoms with E-state index in [9.17, 15) is 4.79 Å². The number of rotatable bonds is 5. The second-order valence-corrected chi connectivity index (χ2v) is 5.74. The zero-order chi connectivity index (χ0) is 16.1. The second-order valence-electron chi connectivity index (χ2n) is 5.74. The van der Waals surface area contributed by atoms with Gasteiger partial charge in [-0.3, -0.25) is 4.79 Å². The molecule has 1 heterocycles. The summed E-state index contributed by atoms with van der Waals surface area (Å²) in [6.45, 7) is 0. The van der Waals surface area contributed by atoms with Crippen LogP contribution in [0.15, 0.2) is 42.6 Å². The van der Waals surface area contributed by atoms with E-state index in [1.165, 1.54) is 25.7 Å². The number of benzene rings is 1. The fourth-order valence-corrected chi connectivity index (χ4v) is 2.81. The third kappa shape index (κ3) is 4.00. The summed E-state index contributed by atoms with van der Waals surface area (Å²) in [4.78, 5) is 16.5. The molecule has 0 saturated heterocycles. The molecular formula is C18H21N3O2. The molecule has 1 saturated carbocycles. The molecule has 23 heavy (non-hydrogen) atoms. The molecule has 2 aromatic rings. The molecule has 1 aromatic heterocycles. The molecule has 0 spiro atoms. The lowest BCUT2D eigenvalue weighted by Crippen LogP contribution is -2.15. The van der Waals surface area contributed by atoms with Gasteiger partial charge < -0.3 is 15.4 Å². The van der Waals surface area contributed by atoms with Gasteiger partial charge in [0.1, 0.15) is 11.6 Å². The van der Waals surface area contributed by atoms with Gasteiger partial charge in [0.2, 0.25) is 0 Å². The Morgan fingerprint density at radius 2 is 2.04 bits per heavy atom. The topological polar surface area (TPSA) is 63.2 Å². The zero-order valence-electron chi connectivity index (χ0n) is 13.2. The van der Waals surface area contributed by atoms with Crippen molar-refractivity contribution in [2.24, 2.45) is 0 Å². The van der Waals surface area contributed by atoms with E-state index < -0.39 is 0 Å². The Morgan fingerprint density at radius 3 is 2.74 bits per heavy atom. The van der Waals surface area contributed by atoms with Crippen LogP contribution in [-0.4, -0.2) is 24.0 Å². The van der Waals surface area contributed by atoms with Crippen LogP contribution in [0.5, 0.6) is 5.75 Å². The molecule has 0 aliphatic heterocycles. The molecule has 5 heteroatoms. The molecule has 0 radical (unpaired) electrons. The first-order valence-electron chi connectivity index (χ1n) is 7.92. The monoisotopic (exact) mass is 311 g/mol. The van der Waals surface area contributed by atoms with E-state index in [0.717, 1.165) is 5.69 Å². The number of nitrogens with one attached hydrogen (secondary N) is 2. The first-order chi connectivity index (χ1) is 11.2. The summed E-state index contributed by atoms with van der Waals surface area (Å²) in [5, 5.41) is 6.27. The van der Waals surface area contributed by atoms with E-state index in [0.29, 0.717) is 23.2 Å². The summed E-state index contributed by atoms with van der Waals surface area (Å²) >= 11 is 0. The smallest absolute Gasteiger partial charge is 0.256 e. The fourth-order valence-electron chi connectivity index (χ4n) is 2.81. The number of anilines is 2. The standard InChI is InChI=1S/C18H21N3O2/c1-23-16-8-4-5-13(11-16)18(22)21-17-10-9-15(12-19-17)20-14-6-2-3-7-14/h4-5,8-12,14,20H,2-3,6-7H2,1H3,(H,19,21,22). The predicted molar refractivity (Wildman–Crippen MR) is 91.1 cm³/mol. The maximum atomic E-state index is 12.2. The Morgan fingerprint density at radius 1 is 1.22 bits per heavy atom. The van der Waals surface area contributed by atoms with Crippen LogP contribution >= 0.6 is 0 Å². The van der Waals surface area contributed by atoms with Gasteiger partial charge in [-0.15, -0.1) is 0 Å². The fraction of sp³-hybridized carbons (Fsp3) is 0.333.